The highest BCUT2D eigenvalue weighted by Crippen LogP contribution is 2.63. The number of nitrogens with one attached hydrogen (secondary N) is 2. The molecule has 0 spiro atoms. The first-order chi connectivity index (χ1) is 17.0. The Balaban J connectivity index is 1.69. The van der Waals surface area contributed by atoms with Gasteiger partial charge in [-0.2, -0.15) is 10.5 Å². The molecule has 1 fully saturated rings. The van der Waals surface area contributed by atoms with Gasteiger partial charge in [-0.1, -0.05) is 0 Å². The van der Waals surface area contributed by atoms with Gasteiger partial charge in [0.1, 0.15) is 35.3 Å². The number of aliphatic imine (C=N–C) groups is 1. The van der Waals surface area contributed by atoms with Crippen LogP contribution in [-0.2, 0) is 4.79 Å². The highest BCUT2D eigenvalue weighted by molar-refractivity contribution is 6.17. The van der Waals surface area contributed by atoms with E-state index in [9.17, 15) is 15.3 Å². The third-order valence-corrected chi connectivity index (χ3v) is 7.25. The fourth-order valence-electron chi connectivity index (χ4n) is 5.51. The number of amides is 1. The van der Waals surface area contributed by atoms with Crippen LogP contribution >= 0.6 is 0 Å². The van der Waals surface area contributed by atoms with E-state index in [0.717, 1.165) is 0 Å². The number of furan rings is 3. The lowest BCUT2D eigenvalue weighted by Gasteiger charge is -2.44. The van der Waals surface area contributed by atoms with Gasteiger partial charge in [0.2, 0.25) is 0 Å². The second kappa shape index (κ2) is 7.23. The summed E-state index contributed by atoms with van der Waals surface area (Å²) in [5, 5.41) is 28.2. The lowest BCUT2D eigenvalue weighted by atomic mass is 9.56. The van der Waals surface area contributed by atoms with Crippen molar-refractivity contribution in [3.05, 3.63) is 83.7 Å². The highest BCUT2D eigenvalue weighted by Gasteiger charge is 2.77. The van der Waals surface area contributed by atoms with E-state index in [1.807, 2.05) is 0 Å². The van der Waals surface area contributed by atoms with Crippen molar-refractivity contribution in [1.29, 1.82) is 10.5 Å². The molecule has 0 bridgehead atoms. The van der Waals surface area contributed by atoms with Crippen molar-refractivity contribution >= 4 is 11.7 Å². The first-order valence-corrected chi connectivity index (χ1v) is 11.0. The number of fused-ring (bicyclic) bond motifs is 3. The molecule has 174 valence electrons. The monoisotopic (exact) mass is 468 g/mol. The van der Waals surface area contributed by atoms with E-state index in [-0.39, 0.29) is 5.84 Å². The molecule has 3 aromatic heterocycles. The molecular weight excluding hydrogens is 448 g/mol. The normalized spacial score (nSPS) is 31.8. The van der Waals surface area contributed by atoms with Crippen LogP contribution < -0.4 is 10.6 Å². The smallest absolute Gasteiger partial charge is 0.256 e. The molecule has 6 rings (SSSR count). The van der Waals surface area contributed by atoms with Crippen LogP contribution in [0.3, 0.4) is 0 Å². The number of allylic oxidation sites excluding steroid dienone is 1. The molecule has 35 heavy (non-hydrogen) atoms. The molecule has 3 aliphatic heterocycles. The molecule has 0 aromatic carbocycles. The Morgan fingerprint density at radius 3 is 2.17 bits per heavy atom. The zero-order valence-electron chi connectivity index (χ0n) is 18.9. The van der Waals surface area contributed by atoms with E-state index in [1.165, 1.54) is 23.7 Å². The van der Waals surface area contributed by atoms with Crippen molar-refractivity contribution in [2.75, 3.05) is 0 Å². The predicted octanol–water partition coefficient (Wildman–Crippen LogP) is 3.67. The molecule has 1 amide bonds. The topological polar surface area (TPSA) is 144 Å². The van der Waals surface area contributed by atoms with Gasteiger partial charge in [-0.3, -0.25) is 15.0 Å². The van der Waals surface area contributed by atoms with Gasteiger partial charge in [0.15, 0.2) is 17.0 Å². The Morgan fingerprint density at radius 2 is 1.60 bits per heavy atom. The van der Waals surface area contributed by atoms with Gasteiger partial charge in [-0.15, -0.1) is 0 Å². The minimum absolute atomic E-state index is 0.147. The van der Waals surface area contributed by atoms with Gasteiger partial charge in [-0.05, 0) is 55.8 Å². The third-order valence-electron chi connectivity index (χ3n) is 7.25. The number of nitrogens with zero attached hydrogens (tertiary/aromatic N) is 4. The van der Waals surface area contributed by atoms with E-state index in [2.05, 4.69) is 22.8 Å². The quantitative estimate of drug-likeness (QED) is 0.593. The summed E-state index contributed by atoms with van der Waals surface area (Å²) >= 11 is 0. The number of amidine groups is 1. The average Bonchev–Trinajstić information content (AvgIpc) is 3.68. The van der Waals surface area contributed by atoms with Crippen LogP contribution in [0.15, 0.2) is 84.7 Å². The van der Waals surface area contributed by atoms with E-state index < -0.39 is 35.1 Å². The van der Waals surface area contributed by atoms with Crippen LogP contribution in [0.5, 0.6) is 0 Å². The molecule has 5 unspecified atom stereocenters. The van der Waals surface area contributed by atoms with E-state index >= 15 is 0 Å². The van der Waals surface area contributed by atoms with Crippen LogP contribution in [-0.4, -0.2) is 16.6 Å². The Hall–Kier alpha value is -4.54. The minimum Gasteiger partial charge on any atom is -0.467 e. The van der Waals surface area contributed by atoms with E-state index in [0.29, 0.717) is 28.6 Å². The Labute approximate surface area is 200 Å². The molecule has 5 atom stereocenters. The fourth-order valence-corrected chi connectivity index (χ4v) is 5.51. The maximum atomic E-state index is 14.3. The van der Waals surface area contributed by atoms with Crippen molar-refractivity contribution in [3.8, 4) is 12.1 Å². The third kappa shape index (κ3) is 2.44. The lowest BCUT2D eigenvalue weighted by molar-refractivity contribution is -0.135. The van der Waals surface area contributed by atoms with E-state index in [4.69, 9.17) is 18.2 Å². The van der Waals surface area contributed by atoms with Gasteiger partial charge in [0, 0.05) is 5.70 Å². The summed E-state index contributed by atoms with van der Waals surface area (Å²) in [7, 11) is 0. The van der Waals surface area contributed by atoms with Crippen LogP contribution in [0.1, 0.15) is 49.5 Å². The summed E-state index contributed by atoms with van der Waals surface area (Å²) in [5.74, 6) is 0.933. The minimum atomic E-state index is -1.85. The zero-order valence-corrected chi connectivity index (χ0v) is 18.9. The summed E-state index contributed by atoms with van der Waals surface area (Å²) in [6.45, 7) is 3.48. The maximum absolute atomic E-state index is 14.3. The molecule has 3 aromatic rings. The highest BCUT2D eigenvalue weighted by atomic mass is 16.3. The number of carbonyl (C=O) groups excluding carboxylic acids is 1. The van der Waals surface area contributed by atoms with Gasteiger partial charge in [0.25, 0.3) is 5.91 Å². The van der Waals surface area contributed by atoms with Crippen molar-refractivity contribution < 1.29 is 18.0 Å². The zero-order chi connectivity index (χ0) is 24.4. The summed E-state index contributed by atoms with van der Waals surface area (Å²) in [4.78, 5) is 20.5. The molecule has 2 N–H and O–H groups in total. The number of carbonyl (C=O) groups is 1. The van der Waals surface area contributed by atoms with Crippen molar-refractivity contribution in [2.24, 2.45) is 15.8 Å². The van der Waals surface area contributed by atoms with Crippen LogP contribution in [0.2, 0.25) is 0 Å². The summed E-state index contributed by atoms with van der Waals surface area (Å²) in [6, 6.07) is 14.1. The standard InChI is InChI=1S/C25H20N6O4/c1-14-15(2)28-19(16-6-3-9-33-16)25(13-27)22-30-20(17-7-4-10-34-17)29-21(18-8-5-11-35-18)31(22)23(32)24(14,25)12-26/h3-11,19-21,28-29H,1-2H3. The SMILES string of the molecule is CC1=C(C)C2(C#N)C(=O)N3C(=NC(c4ccco4)NC3c3ccco3)C2(C#N)C(c2ccco2)N1. The first-order valence-electron chi connectivity index (χ1n) is 11.0. The summed E-state index contributed by atoms with van der Waals surface area (Å²) < 4.78 is 17.0. The van der Waals surface area contributed by atoms with Crippen molar-refractivity contribution in [2.45, 2.75) is 32.2 Å². The molecule has 0 aliphatic carbocycles. The Bertz CT molecular complexity index is 1440. The Kier molecular flexibility index (Phi) is 4.34. The first kappa shape index (κ1) is 21.0. The van der Waals surface area contributed by atoms with Gasteiger partial charge >= 0.3 is 0 Å². The lowest BCUT2D eigenvalue weighted by Crippen LogP contribution is -2.56. The fraction of sp³-hybridized carbons (Fsp3) is 0.280. The van der Waals surface area contributed by atoms with Crippen molar-refractivity contribution in [1.82, 2.24) is 15.5 Å². The van der Waals surface area contributed by atoms with E-state index in [1.54, 1.807) is 50.2 Å². The molecule has 1 saturated heterocycles. The molecule has 3 aliphatic rings. The maximum Gasteiger partial charge on any atom is 0.256 e. The predicted molar refractivity (Wildman–Crippen MR) is 119 cm³/mol. The summed E-state index contributed by atoms with van der Waals surface area (Å²) in [5.41, 5.74) is -2.51. The van der Waals surface area contributed by atoms with Crippen LogP contribution in [0.25, 0.3) is 0 Å². The number of hydrogen-bond donors (Lipinski definition) is 2. The average molecular weight is 468 g/mol. The largest absolute Gasteiger partial charge is 0.467 e. The summed E-state index contributed by atoms with van der Waals surface area (Å²) in [6.07, 6.45) is 2.96. The van der Waals surface area contributed by atoms with Crippen molar-refractivity contribution in [3.63, 3.8) is 0 Å². The second-order valence-corrected chi connectivity index (χ2v) is 8.75. The van der Waals surface area contributed by atoms with Crippen LogP contribution in [0.4, 0.5) is 0 Å². The number of hydrogen-bond acceptors (Lipinski definition) is 9. The number of nitriles is 2. The molecule has 0 radical (unpaired) electrons. The second-order valence-electron chi connectivity index (χ2n) is 8.75. The Morgan fingerprint density at radius 1 is 0.971 bits per heavy atom. The molecule has 10 nitrogen and oxygen atoms in total. The van der Waals surface area contributed by atoms with Crippen LogP contribution in [0, 0.1) is 33.5 Å². The molecule has 0 saturated carbocycles. The molecule has 10 heteroatoms. The van der Waals surface area contributed by atoms with Gasteiger partial charge in [0.05, 0.1) is 30.9 Å². The van der Waals surface area contributed by atoms with Gasteiger partial charge < -0.3 is 18.6 Å². The number of rotatable bonds is 3. The molecule has 6 heterocycles. The molecular formula is C25H20N6O4. The van der Waals surface area contributed by atoms with Gasteiger partial charge in [-0.25, -0.2) is 4.99 Å².